The first-order chi connectivity index (χ1) is 6.18. The zero-order valence-electron chi connectivity index (χ0n) is 6.38. The van der Waals surface area contributed by atoms with E-state index in [1.807, 2.05) is 6.07 Å². The quantitative estimate of drug-likeness (QED) is 0.734. The third-order valence-corrected chi connectivity index (χ3v) is 2.60. The zero-order valence-corrected chi connectivity index (χ0v) is 8.72. The van der Waals surface area contributed by atoms with E-state index in [9.17, 15) is 4.79 Å². The molecule has 0 aromatic heterocycles. The molecule has 1 heterocycles. The van der Waals surface area contributed by atoms with E-state index in [0.717, 1.165) is 10.0 Å². The number of hydrogen-bond acceptors (Lipinski definition) is 2. The van der Waals surface area contributed by atoms with Crippen molar-refractivity contribution >= 4 is 32.8 Å². The average Bonchev–Trinajstić information content (AvgIpc) is 2.47. The van der Waals surface area contributed by atoms with Crippen molar-refractivity contribution in [1.82, 2.24) is 0 Å². The number of rotatable bonds is 1. The molecule has 2 nitrogen and oxygen atoms in total. The van der Waals surface area contributed by atoms with E-state index in [-0.39, 0.29) is 5.76 Å². The Morgan fingerprint density at radius 2 is 2.08 bits per heavy atom. The van der Waals surface area contributed by atoms with Crippen LogP contribution in [0, 0.1) is 0 Å². The molecule has 0 fully saturated rings. The second kappa shape index (κ2) is 3.16. The molecule has 0 saturated heterocycles. The summed E-state index contributed by atoms with van der Waals surface area (Å²) < 4.78 is 6.18. The fourth-order valence-corrected chi connectivity index (χ4v) is 1.68. The van der Waals surface area contributed by atoms with E-state index >= 15 is 0 Å². The Morgan fingerprint density at radius 3 is 2.77 bits per heavy atom. The van der Waals surface area contributed by atoms with Gasteiger partial charge in [-0.1, -0.05) is 15.9 Å². The van der Waals surface area contributed by atoms with Crippen molar-refractivity contribution in [3.63, 3.8) is 0 Å². The molecule has 13 heavy (non-hydrogen) atoms. The summed E-state index contributed by atoms with van der Waals surface area (Å²) in [5.41, 5.74) is 0.932. The van der Waals surface area contributed by atoms with Crippen LogP contribution in [-0.2, 0) is 0 Å². The summed E-state index contributed by atoms with van der Waals surface area (Å²) >= 11 is 8.62. The van der Waals surface area contributed by atoms with Gasteiger partial charge in [0.2, 0.25) is 0 Å². The van der Waals surface area contributed by atoms with Crippen LogP contribution in [0.2, 0.25) is 0 Å². The lowest BCUT2D eigenvalue weighted by Gasteiger charge is -2.00. The van der Waals surface area contributed by atoms with E-state index in [1.54, 1.807) is 18.2 Å². The highest BCUT2D eigenvalue weighted by Crippen LogP contribution is 2.32. The predicted octanol–water partition coefficient (Wildman–Crippen LogP) is 3.53. The molecule has 0 saturated carbocycles. The summed E-state index contributed by atoms with van der Waals surface area (Å²) in [6.07, 6.45) is 0. The van der Waals surface area contributed by atoms with E-state index in [1.165, 1.54) is 0 Å². The van der Waals surface area contributed by atoms with Gasteiger partial charge in [0, 0.05) is 10.0 Å². The number of carbonyl (C=O) groups is 1. The molecule has 66 valence electrons. The van der Waals surface area contributed by atoms with Gasteiger partial charge in [0.25, 0.3) is 5.24 Å². The maximum absolute atomic E-state index is 10.8. The molecule has 0 unspecified atom stereocenters. The third-order valence-electron chi connectivity index (χ3n) is 1.72. The smallest absolute Gasteiger partial charge is 0.287 e. The van der Waals surface area contributed by atoms with E-state index in [2.05, 4.69) is 15.9 Å². The molecule has 0 spiro atoms. The predicted molar refractivity (Wildman–Crippen MR) is 53.2 cm³/mol. The van der Waals surface area contributed by atoms with Crippen LogP contribution in [0.15, 0.2) is 33.2 Å². The minimum Gasteiger partial charge on any atom is -0.452 e. The second-order valence-corrected chi connectivity index (χ2v) is 3.73. The maximum atomic E-state index is 10.8. The molecule has 0 radical (unpaired) electrons. The summed E-state index contributed by atoms with van der Waals surface area (Å²) in [6.45, 7) is 0. The Balaban J connectivity index is 2.63. The Hall–Kier alpha value is -0.800. The third kappa shape index (κ3) is 1.49. The summed E-state index contributed by atoms with van der Waals surface area (Å²) in [4.78, 5) is 10.8. The van der Waals surface area contributed by atoms with E-state index < -0.39 is 5.24 Å². The number of fused-ring (bicyclic) bond motifs is 1. The van der Waals surface area contributed by atoms with Gasteiger partial charge in [-0.2, -0.15) is 0 Å². The Morgan fingerprint density at radius 1 is 1.31 bits per heavy atom. The van der Waals surface area contributed by atoms with Crippen LogP contribution in [0.5, 0.6) is 0 Å². The van der Waals surface area contributed by atoms with Crippen LogP contribution in [0.4, 0.5) is 0 Å². The number of hydrogen-bond donors (Lipinski definition) is 0. The lowest BCUT2D eigenvalue weighted by atomic mass is 10.2. The molecular weight excluding hydrogens is 255 g/mol. The molecule has 0 aromatic rings. The first kappa shape index (κ1) is 8.78. The summed E-state index contributed by atoms with van der Waals surface area (Å²) in [5, 5.41) is -0.584. The van der Waals surface area contributed by atoms with Crippen molar-refractivity contribution in [2.75, 3.05) is 0 Å². The van der Waals surface area contributed by atoms with Crippen molar-refractivity contribution in [3.8, 4) is 11.3 Å². The molecule has 0 aromatic carbocycles. The standard InChI is InChI=1S/C9H4BrClO2/c10-6-2-4-7-5(6)1-3-8(13-7)9(11)12/h1-4H. The Labute approximate surface area is 88.0 Å². The monoisotopic (exact) mass is 258 g/mol. The molecule has 1 aliphatic carbocycles. The topological polar surface area (TPSA) is 30.2 Å². The van der Waals surface area contributed by atoms with Crippen LogP contribution in [0.3, 0.4) is 0 Å². The van der Waals surface area contributed by atoms with Crippen LogP contribution in [-0.4, -0.2) is 5.24 Å². The molecule has 0 N–H and O–H groups in total. The van der Waals surface area contributed by atoms with Gasteiger partial charge in [-0.3, -0.25) is 4.79 Å². The molecule has 0 atom stereocenters. The lowest BCUT2D eigenvalue weighted by Crippen LogP contribution is -1.88. The minimum absolute atomic E-state index is 0.160. The fourth-order valence-electron chi connectivity index (χ4n) is 1.11. The van der Waals surface area contributed by atoms with Gasteiger partial charge in [-0.15, -0.1) is 0 Å². The van der Waals surface area contributed by atoms with Crippen LogP contribution in [0.1, 0.15) is 10.6 Å². The largest absolute Gasteiger partial charge is 0.452 e. The first-order valence-corrected chi connectivity index (χ1v) is 4.73. The maximum Gasteiger partial charge on any atom is 0.287 e. The lowest BCUT2D eigenvalue weighted by molar-refractivity contribution is 0.105. The van der Waals surface area contributed by atoms with Gasteiger partial charge in [0.05, 0.1) is 0 Å². The van der Waals surface area contributed by atoms with Crippen LogP contribution >= 0.6 is 27.5 Å². The van der Waals surface area contributed by atoms with Crippen LogP contribution < -0.4 is 0 Å². The normalized spacial score (nSPS) is 10.6. The molecule has 2 rings (SSSR count). The molecule has 0 bridgehead atoms. The Kier molecular flexibility index (Phi) is 2.14. The second-order valence-electron chi connectivity index (χ2n) is 2.53. The van der Waals surface area contributed by atoms with Crippen molar-refractivity contribution in [1.29, 1.82) is 0 Å². The van der Waals surface area contributed by atoms with Crippen molar-refractivity contribution in [3.05, 3.63) is 34.5 Å². The molecule has 1 aliphatic heterocycles. The van der Waals surface area contributed by atoms with Gasteiger partial charge in [0.15, 0.2) is 5.76 Å². The van der Waals surface area contributed by atoms with Gasteiger partial charge < -0.3 is 4.42 Å². The van der Waals surface area contributed by atoms with E-state index in [4.69, 9.17) is 16.0 Å². The molecule has 2 aliphatic rings. The number of carbonyl (C=O) groups excluding carboxylic acids is 1. The number of halogens is 2. The highest BCUT2D eigenvalue weighted by molar-refractivity contribution is 9.10. The zero-order chi connectivity index (χ0) is 9.42. The van der Waals surface area contributed by atoms with Gasteiger partial charge >= 0.3 is 0 Å². The summed E-state index contributed by atoms with van der Waals surface area (Å²) in [5.74, 6) is 0.811. The average molecular weight is 259 g/mol. The highest BCUT2D eigenvalue weighted by atomic mass is 79.9. The van der Waals surface area contributed by atoms with Crippen molar-refractivity contribution in [2.24, 2.45) is 0 Å². The molecule has 4 heteroatoms. The van der Waals surface area contributed by atoms with E-state index in [0.29, 0.717) is 5.76 Å². The van der Waals surface area contributed by atoms with Crippen molar-refractivity contribution in [2.45, 2.75) is 0 Å². The summed E-state index contributed by atoms with van der Waals surface area (Å²) in [7, 11) is 0. The van der Waals surface area contributed by atoms with Gasteiger partial charge in [0.1, 0.15) is 5.76 Å². The SMILES string of the molecule is O=C(Cl)c1ccc2c(Br)ccc-2o1. The molecule has 0 amide bonds. The van der Waals surface area contributed by atoms with Gasteiger partial charge in [-0.05, 0) is 35.9 Å². The molecular formula is C9H4BrClO2. The first-order valence-electron chi connectivity index (χ1n) is 3.56. The van der Waals surface area contributed by atoms with Crippen LogP contribution in [0.25, 0.3) is 11.3 Å². The highest BCUT2D eigenvalue weighted by Gasteiger charge is 2.12. The van der Waals surface area contributed by atoms with Crippen molar-refractivity contribution < 1.29 is 9.21 Å². The summed E-state index contributed by atoms with van der Waals surface area (Å²) in [6, 6.07) is 6.99. The fraction of sp³-hybridized carbons (Fsp3) is 0. The Bertz CT molecular complexity index is 435. The minimum atomic E-state index is -0.584. The van der Waals surface area contributed by atoms with Gasteiger partial charge in [-0.25, -0.2) is 0 Å².